The molecule has 0 bridgehead atoms. The molecule has 0 spiro atoms. The highest BCUT2D eigenvalue weighted by atomic mass is 32.2. The molecule has 274 valence electrons. The third kappa shape index (κ3) is 7.54. The average molecular weight is 757 g/mol. The first-order chi connectivity index (χ1) is 24.8. The molecule has 0 unspecified atom stereocenters. The van der Waals surface area contributed by atoms with E-state index in [4.69, 9.17) is 0 Å². The molecule has 0 aliphatic carbocycles. The fourth-order valence-corrected chi connectivity index (χ4v) is 9.01. The number of nitrogens with one attached hydrogen (secondary N) is 2. The summed E-state index contributed by atoms with van der Waals surface area (Å²) in [6.45, 7) is 0.277. The Morgan fingerprint density at radius 3 is 2.31 bits per heavy atom. The van der Waals surface area contributed by atoms with Crippen LogP contribution >= 0.6 is 11.3 Å². The van der Waals surface area contributed by atoms with E-state index in [0.717, 1.165) is 44.7 Å². The zero-order valence-electron chi connectivity index (χ0n) is 28.4. The molecule has 17 heteroatoms. The number of aromatic nitrogens is 2. The van der Waals surface area contributed by atoms with Crippen molar-refractivity contribution in [2.75, 3.05) is 38.8 Å². The first-order valence-electron chi connectivity index (χ1n) is 16.1. The largest absolute Gasteiger partial charge is 0.343 e. The number of fused-ring (bicyclic) bond motifs is 1. The second-order valence-corrected chi connectivity index (χ2v) is 15.4. The summed E-state index contributed by atoms with van der Waals surface area (Å²) in [6, 6.07) is 13.8. The quantitative estimate of drug-likeness (QED) is 0.184. The third-order valence-electron chi connectivity index (χ3n) is 8.83. The molecule has 1 aliphatic rings. The van der Waals surface area contributed by atoms with Gasteiger partial charge >= 0.3 is 11.7 Å². The van der Waals surface area contributed by atoms with Crippen LogP contribution in [0.2, 0.25) is 0 Å². The van der Waals surface area contributed by atoms with E-state index in [0.29, 0.717) is 47.6 Å². The van der Waals surface area contributed by atoms with Crippen LogP contribution in [0, 0.1) is 17.5 Å². The van der Waals surface area contributed by atoms with Crippen molar-refractivity contribution in [3.63, 3.8) is 0 Å². The topological polar surface area (TPSA) is 135 Å². The van der Waals surface area contributed by atoms with E-state index in [1.165, 1.54) is 35.9 Å². The summed E-state index contributed by atoms with van der Waals surface area (Å²) < 4.78 is 72.6. The van der Waals surface area contributed by atoms with Crippen LogP contribution in [0.25, 0.3) is 26.3 Å². The Kier molecular flexibility index (Phi) is 10.7. The number of hydrogen-bond donors (Lipinski definition) is 2. The van der Waals surface area contributed by atoms with Gasteiger partial charge in [0.25, 0.3) is 5.56 Å². The summed E-state index contributed by atoms with van der Waals surface area (Å²) in [5, 5.41) is 2.71. The maximum absolute atomic E-state index is 15.1. The molecule has 3 aromatic carbocycles. The van der Waals surface area contributed by atoms with Gasteiger partial charge in [-0.15, -0.1) is 11.3 Å². The van der Waals surface area contributed by atoms with Crippen molar-refractivity contribution in [1.82, 2.24) is 23.8 Å². The minimum atomic E-state index is -3.47. The fraction of sp³-hybridized carbons (Fsp3) is 0.286. The number of thiophene rings is 1. The smallest absolute Gasteiger partial charge is 0.306 e. The Balaban J connectivity index is 1.57. The van der Waals surface area contributed by atoms with Crippen molar-refractivity contribution in [2.24, 2.45) is 0 Å². The number of urea groups is 1. The zero-order chi connectivity index (χ0) is 37.3. The number of benzene rings is 3. The molecule has 0 radical (unpaired) electrons. The van der Waals surface area contributed by atoms with Crippen molar-refractivity contribution in [3.8, 4) is 16.1 Å². The van der Waals surface area contributed by atoms with Crippen molar-refractivity contribution >= 4 is 43.3 Å². The highest BCUT2D eigenvalue weighted by Crippen LogP contribution is 2.39. The summed E-state index contributed by atoms with van der Waals surface area (Å²) in [4.78, 5) is 48.0. The average Bonchev–Trinajstić information content (AvgIpc) is 3.71. The van der Waals surface area contributed by atoms with Gasteiger partial charge in [-0.2, -0.15) is 4.31 Å². The van der Waals surface area contributed by atoms with Gasteiger partial charge in [0.1, 0.15) is 22.3 Å². The Morgan fingerprint density at radius 2 is 1.67 bits per heavy atom. The van der Waals surface area contributed by atoms with E-state index in [9.17, 15) is 27.2 Å². The lowest BCUT2D eigenvalue weighted by Crippen LogP contribution is -2.42. The van der Waals surface area contributed by atoms with E-state index >= 15 is 8.78 Å². The Bertz CT molecular complexity index is 2340. The highest BCUT2D eigenvalue weighted by Gasteiger charge is 2.33. The van der Waals surface area contributed by atoms with Crippen molar-refractivity contribution in [2.45, 2.75) is 32.0 Å². The number of hydrogen-bond acceptors (Lipinski definition) is 8. The molecule has 2 N–H and O–H groups in total. The number of anilines is 1. The lowest BCUT2D eigenvalue weighted by atomic mass is 10.1. The van der Waals surface area contributed by atoms with Crippen LogP contribution in [0.3, 0.4) is 0 Å². The zero-order valence-corrected chi connectivity index (χ0v) is 30.0. The molecule has 12 nitrogen and oxygen atoms in total. The number of halogens is 3. The molecule has 3 heterocycles. The van der Waals surface area contributed by atoms with Crippen LogP contribution < -0.4 is 22.0 Å². The summed E-state index contributed by atoms with van der Waals surface area (Å²) in [6.07, 6.45) is 2.51. The SMILES string of the molecule is CONC(=O)Nc1ccc(-c2sc3c(c2CN(C)C[C@@H]2CCCN2S(C)(=O)=O)c(=O)n(-c2ccc(F)cc2)c(=O)n3Cc2c(F)cccc2F)cc1. The number of nitrogens with zero attached hydrogens (tertiary/aromatic N) is 4. The lowest BCUT2D eigenvalue weighted by molar-refractivity contribution is 0.114. The van der Waals surface area contributed by atoms with E-state index in [2.05, 4.69) is 15.6 Å². The molecule has 1 aliphatic heterocycles. The molecule has 1 saturated heterocycles. The molecular weight excluding hydrogens is 722 g/mol. The molecule has 1 atom stereocenters. The van der Waals surface area contributed by atoms with Gasteiger partial charge in [-0.05, 0) is 79.5 Å². The molecule has 0 saturated carbocycles. The summed E-state index contributed by atoms with van der Waals surface area (Å²) >= 11 is 1.08. The summed E-state index contributed by atoms with van der Waals surface area (Å²) in [5.74, 6) is -2.37. The summed E-state index contributed by atoms with van der Waals surface area (Å²) in [5.41, 5.74) is 1.70. The van der Waals surface area contributed by atoms with Gasteiger partial charge in [0, 0.05) is 41.8 Å². The Hall–Kier alpha value is -4.81. The molecular formula is C35H35F3N6O6S2. The second-order valence-electron chi connectivity index (χ2n) is 12.5. The van der Waals surface area contributed by atoms with Crippen LogP contribution in [-0.2, 0) is 28.0 Å². The van der Waals surface area contributed by atoms with Crippen LogP contribution in [0.15, 0.2) is 76.3 Å². The van der Waals surface area contributed by atoms with Gasteiger partial charge in [0.2, 0.25) is 10.0 Å². The van der Waals surface area contributed by atoms with E-state index in [1.807, 2.05) is 4.90 Å². The van der Waals surface area contributed by atoms with Gasteiger partial charge in [-0.25, -0.2) is 41.2 Å². The van der Waals surface area contributed by atoms with Crippen LogP contribution in [0.1, 0.15) is 24.0 Å². The normalized spacial score (nSPS) is 15.1. The third-order valence-corrected chi connectivity index (χ3v) is 11.5. The molecule has 1 fully saturated rings. The van der Waals surface area contributed by atoms with Crippen molar-refractivity contribution in [3.05, 3.63) is 116 Å². The molecule has 6 rings (SSSR count). The van der Waals surface area contributed by atoms with Crippen LogP contribution in [0.5, 0.6) is 0 Å². The monoisotopic (exact) mass is 756 g/mol. The number of carbonyl (C=O) groups excluding carboxylic acids is 1. The van der Waals surface area contributed by atoms with Gasteiger partial charge in [0.15, 0.2) is 0 Å². The number of hydroxylamine groups is 1. The number of likely N-dealkylation sites (N-methyl/N-ethyl adjacent to an activating group) is 1. The van der Waals surface area contributed by atoms with Crippen LogP contribution in [-0.4, -0.2) is 72.3 Å². The Labute approximate surface area is 300 Å². The van der Waals surface area contributed by atoms with Gasteiger partial charge in [-0.1, -0.05) is 18.2 Å². The number of amides is 2. The Morgan fingerprint density at radius 1 is 1.00 bits per heavy atom. The maximum atomic E-state index is 15.1. The highest BCUT2D eigenvalue weighted by molar-refractivity contribution is 7.88. The van der Waals surface area contributed by atoms with Crippen LogP contribution in [0.4, 0.5) is 23.7 Å². The standard InChI is InChI=1S/C35H35F3N6O6S2/c1-41(18-25-6-5-17-43(25)52(3,48)49)19-27-30-32(45)44(24-15-11-22(36)12-16-24)35(47)42(20-26-28(37)7-4-8-29(26)38)33(30)51-31(27)21-9-13-23(14-10-21)39-34(46)40-50-2/h4,7-16,25H,5-6,17-20H2,1-3H3,(H2,39,40,46)/t25-/m0/s1. The van der Waals surface area contributed by atoms with Crippen molar-refractivity contribution < 1.29 is 31.2 Å². The van der Waals surface area contributed by atoms with E-state index in [1.54, 1.807) is 31.3 Å². The first-order valence-corrected chi connectivity index (χ1v) is 18.8. The predicted molar refractivity (Wildman–Crippen MR) is 193 cm³/mol. The number of rotatable bonds is 11. The molecule has 2 aromatic heterocycles. The van der Waals surface area contributed by atoms with Gasteiger partial charge < -0.3 is 10.2 Å². The van der Waals surface area contributed by atoms with Crippen molar-refractivity contribution in [1.29, 1.82) is 0 Å². The summed E-state index contributed by atoms with van der Waals surface area (Å²) in [7, 11) is -0.389. The first kappa shape index (κ1) is 37.0. The minimum absolute atomic E-state index is 0.0487. The number of sulfonamides is 1. The molecule has 5 aromatic rings. The number of carbonyl (C=O) groups is 1. The minimum Gasteiger partial charge on any atom is -0.306 e. The van der Waals surface area contributed by atoms with E-state index < -0.39 is 56.9 Å². The molecule has 52 heavy (non-hydrogen) atoms. The fourth-order valence-electron chi connectivity index (χ4n) is 6.53. The second kappa shape index (κ2) is 15.0. The van der Waals surface area contributed by atoms with Gasteiger partial charge in [0.05, 0.1) is 31.0 Å². The maximum Gasteiger partial charge on any atom is 0.343 e. The van der Waals surface area contributed by atoms with Gasteiger partial charge in [-0.3, -0.25) is 14.2 Å². The van der Waals surface area contributed by atoms with E-state index in [-0.39, 0.29) is 28.5 Å². The predicted octanol–water partition coefficient (Wildman–Crippen LogP) is 4.89. The lowest BCUT2D eigenvalue weighted by Gasteiger charge is -2.27. The molecule has 2 amide bonds.